The van der Waals surface area contributed by atoms with Crippen molar-refractivity contribution in [3.05, 3.63) is 69.5 Å². The molecule has 0 N–H and O–H groups in total. The molecule has 0 aliphatic rings. The van der Waals surface area contributed by atoms with Gasteiger partial charge in [-0.3, -0.25) is 4.79 Å². The van der Waals surface area contributed by atoms with Gasteiger partial charge in [-0.2, -0.15) is 0 Å². The predicted molar refractivity (Wildman–Crippen MR) is 75.3 cm³/mol. The lowest BCUT2D eigenvalue weighted by molar-refractivity contribution is -0.117. The molecule has 1 nitrogen and oxygen atoms in total. The minimum atomic E-state index is -0.510. The van der Waals surface area contributed by atoms with E-state index in [-0.39, 0.29) is 23.6 Å². The highest BCUT2D eigenvalue weighted by molar-refractivity contribution is 6.32. The summed E-state index contributed by atoms with van der Waals surface area (Å²) in [7, 11) is 0. The molecule has 2 aromatic rings. The van der Waals surface area contributed by atoms with Crippen LogP contribution >= 0.6 is 23.2 Å². The van der Waals surface area contributed by atoms with Gasteiger partial charge >= 0.3 is 0 Å². The van der Waals surface area contributed by atoms with Crippen molar-refractivity contribution < 1.29 is 9.18 Å². The smallest absolute Gasteiger partial charge is 0.142 e. The fraction of sp³-hybridized carbons (Fsp3) is 0.133. The van der Waals surface area contributed by atoms with Gasteiger partial charge in [0.05, 0.1) is 5.02 Å². The van der Waals surface area contributed by atoms with Crippen molar-refractivity contribution in [2.24, 2.45) is 0 Å². The maximum Gasteiger partial charge on any atom is 0.142 e. The molecule has 0 atom stereocenters. The van der Waals surface area contributed by atoms with Crippen LogP contribution < -0.4 is 0 Å². The SMILES string of the molecule is O=C(Cc1ccccc1Cl)Cc1cccc(F)c1Cl. The van der Waals surface area contributed by atoms with Crippen molar-refractivity contribution >= 4 is 29.0 Å². The van der Waals surface area contributed by atoms with E-state index in [1.54, 1.807) is 30.3 Å². The lowest BCUT2D eigenvalue weighted by atomic mass is 10.0. The summed E-state index contributed by atoms with van der Waals surface area (Å²) in [6.07, 6.45) is 0.314. The Morgan fingerprint density at radius 1 is 0.947 bits per heavy atom. The highest BCUT2D eigenvalue weighted by Gasteiger charge is 2.12. The fourth-order valence-corrected chi connectivity index (χ4v) is 2.21. The van der Waals surface area contributed by atoms with Gasteiger partial charge in [-0.05, 0) is 23.3 Å². The van der Waals surface area contributed by atoms with Gasteiger partial charge in [0.25, 0.3) is 0 Å². The second-order valence-electron chi connectivity index (χ2n) is 4.20. The lowest BCUT2D eigenvalue weighted by Gasteiger charge is -2.06. The van der Waals surface area contributed by atoms with Crippen molar-refractivity contribution in [3.8, 4) is 0 Å². The van der Waals surface area contributed by atoms with Gasteiger partial charge < -0.3 is 0 Å². The quantitative estimate of drug-likeness (QED) is 0.812. The average molecular weight is 297 g/mol. The molecule has 0 saturated heterocycles. The Bertz CT molecular complexity index is 611. The summed E-state index contributed by atoms with van der Waals surface area (Å²) in [6.45, 7) is 0. The third-order valence-corrected chi connectivity index (χ3v) is 3.56. The Balaban J connectivity index is 2.10. The molecule has 0 unspecified atom stereocenters. The summed E-state index contributed by atoms with van der Waals surface area (Å²) in [4.78, 5) is 12.0. The van der Waals surface area contributed by atoms with Crippen LogP contribution in [0.3, 0.4) is 0 Å². The zero-order valence-corrected chi connectivity index (χ0v) is 11.5. The maximum atomic E-state index is 13.3. The molecule has 0 amide bonds. The molecule has 2 rings (SSSR count). The van der Waals surface area contributed by atoms with E-state index >= 15 is 0 Å². The molecule has 0 fully saturated rings. The van der Waals surface area contributed by atoms with Crippen molar-refractivity contribution in [1.29, 1.82) is 0 Å². The summed E-state index contributed by atoms with van der Waals surface area (Å²) in [5.41, 5.74) is 1.26. The molecule has 0 radical (unpaired) electrons. The third-order valence-electron chi connectivity index (χ3n) is 2.76. The molecule has 2 aromatic carbocycles. The highest BCUT2D eigenvalue weighted by atomic mass is 35.5. The van der Waals surface area contributed by atoms with Crippen molar-refractivity contribution in [3.63, 3.8) is 0 Å². The van der Waals surface area contributed by atoms with Gasteiger partial charge in [0.1, 0.15) is 11.6 Å². The normalized spacial score (nSPS) is 10.5. The van der Waals surface area contributed by atoms with E-state index in [2.05, 4.69) is 0 Å². The van der Waals surface area contributed by atoms with Crippen LogP contribution in [0.25, 0.3) is 0 Å². The minimum absolute atomic E-state index is 0.00927. The first-order chi connectivity index (χ1) is 9.08. The zero-order chi connectivity index (χ0) is 13.8. The number of rotatable bonds is 4. The van der Waals surface area contributed by atoms with Crippen LogP contribution in [0.1, 0.15) is 11.1 Å². The number of hydrogen-bond donors (Lipinski definition) is 0. The van der Waals surface area contributed by atoms with E-state index in [9.17, 15) is 9.18 Å². The molecule has 4 heteroatoms. The lowest BCUT2D eigenvalue weighted by Crippen LogP contribution is -2.07. The average Bonchev–Trinajstić information content (AvgIpc) is 2.38. The third kappa shape index (κ3) is 3.55. The second kappa shape index (κ2) is 6.18. The molecule has 98 valence electrons. The largest absolute Gasteiger partial charge is 0.299 e. The van der Waals surface area contributed by atoms with E-state index in [1.807, 2.05) is 6.07 Å². The zero-order valence-electron chi connectivity index (χ0n) is 10.00. The molecule has 0 heterocycles. The summed E-state index contributed by atoms with van der Waals surface area (Å²) in [6, 6.07) is 11.6. The summed E-state index contributed by atoms with van der Waals surface area (Å²) < 4.78 is 13.3. The molecule has 19 heavy (non-hydrogen) atoms. The molecule has 0 bridgehead atoms. The van der Waals surface area contributed by atoms with E-state index in [1.165, 1.54) is 6.07 Å². The predicted octanol–water partition coefficient (Wildman–Crippen LogP) is 4.49. The summed E-state index contributed by atoms with van der Waals surface area (Å²) in [5, 5.41) is 0.566. The molecule has 0 spiro atoms. The Kier molecular flexibility index (Phi) is 4.56. The topological polar surface area (TPSA) is 17.1 Å². The summed E-state index contributed by atoms with van der Waals surface area (Å²) in [5.74, 6) is -0.565. The summed E-state index contributed by atoms with van der Waals surface area (Å²) >= 11 is 11.8. The molecule has 0 saturated carbocycles. The number of carbonyl (C=O) groups is 1. The molecule has 0 aliphatic heterocycles. The van der Waals surface area contributed by atoms with Gasteiger partial charge in [-0.1, -0.05) is 53.5 Å². The Morgan fingerprint density at radius 2 is 1.58 bits per heavy atom. The number of halogens is 3. The molecular formula is C15H11Cl2FO. The van der Waals surface area contributed by atoms with Gasteiger partial charge in [-0.15, -0.1) is 0 Å². The minimum Gasteiger partial charge on any atom is -0.299 e. The first-order valence-electron chi connectivity index (χ1n) is 5.76. The standard InChI is InChI=1S/C15H11Cl2FO/c16-13-6-2-1-4-10(13)8-12(19)9-11-5-3-7-14(18)15(11)17/h1-7H,8-9H2. The Labute approximate surface area is 121 Å². The first-order valence-corrected chi connectivity index (χ1v) is 6.51. The fourth-order valence-electron chi connectivity index (χ4n) is 1.81. The number of benzene rings is 2. The van der Waals surface area contributed by atoms with Gasteiger partial charge in [0.15, 0.2) is 0 Å². The highest BCUT2D eigenvalue weighted by Crippen LogP contribution is 2.21. The van der Waals surface area contributed by atoms with E-state index in [0.29, 0.717) is 10.6 Å². The van der Waals surface area contributed by atoms with Crippen molar-refractivity contribution in [1.82, 2.24) is 0 Å². The van der Waals surface area contributed by atoms with Gasteiger partial charge in [-0.25, -0.2) is 4.39 Å². The van der Waals surface area contributed by atoms with E-state index < -0.39 is 5.82 Å². The second-order valence-corrected chi connectivity index (χ2v) is 4.98. The van der Waals surface area contributed by atoms with Crippen LogP contribution in [0.15, 0.2) is 42.5 Å². The molecular weight excluding hydrogens is 286 g/mol. The van der Waals surface area contributed by atoms with Crippen LogP contribution in [0.2, 0.25) is 10.0 Å². The Morgan fingerprint density at radius 3 is 2.32 bits per heavy atom. The molecule has 0 aliphatic carbocycles. The Hall–Kier alpha value is -1.38. The van der Waals surface area contributed by atoms with E-state index in [4.69, 9.17) is 23.2 Å². The number of ketones is 1. The number of carbonyl (C=O) groups excluding carboxylic acids is 1. The first kappa shape index (κ1) is 14.0. The van der Waals surface area contributed by atoms with Crippen LogP contribution in [-0.4, -0.2) is 5.78 Å². The van der Waals surface area contributed by atoms with Crippen LogP contribution in [0, 0.1) is 5.82 Å². The van der Waals surface area contributed by atoms with E-state index in [0.717, 1.165) is 5.56 Å². The van der Waals surface area contributed by atoms with Crippen LogP contribution in [-0.2, 0) is 17.6 Å². The van der Waals surface area contributed by atoms with Crippen LogP contribution in [0.5, 0.6) is 0 Å². The monoisotopic (exact) mass is 296 g/mol. The van der Waals surface area contributed by atoms with Crippen molar-refractivity contribution in [2.75, 3.05) is 0 Å². The van der Waals surface area contributed by atoms with Gasteiger partial charge in [0.2, 0.25) is 0 Å². The van der Waals surface area contributed by atoms with Crippen LogP contribution in [0.4, 0.5) is 4.39 Å². The maximum absolute atomic E-state index is 13.3. The van der Waals surface area contributed by atoms with Crippen molar-refractivity contribution in [2.45, 2.75) is 12.8 Å². The number of hydrogen-bond acceptors (Lipinski definition) is 1. The number of Topliss-reactive ketones (excluding diaryl/α,β-unsaturated/α-hetero) is 1. The molecule has 0 aromatic heterocycles. The van der Waals surface area contributed by atoms with Gasteiger partial charge in [0, 0.05) is 17.9 Å².